The molecular weight excluding hydrogens is 264 g/mol. The van der Waals surface area contributed by atoms with Crippen LogP contribution >= 0.6 is 11.8 Å². The summed E-state index contributed by atoms with van der Waals surface area (Å²) in [5, 5.41) is 3.92. The zero-order valence-corrected chi connectivity index (χ0v) is 13.0. The Labute approximate surface area is 118 Å². The molecule has 5 nitrogen and oxygen atoms in total. The second-order valence-corrected chi connectivity index (χ2v) is 6.96. The standard InChI is InChI=1S/C13H22N2O3S/c1-6-9(12(16)17-7-2)11-14-10(15-18-11)8-19-13(3,4)5/h9H,6-8H2,1-5H3. The molecule has 108 valence electrons. The summed E-state index contributed by atoms with van der Waals surface area (Å²) in [6, 6.07) is 0. The number of hydrogen-bond acceptors (Lipinski definition) is 6. The van der Waals surface area contributed by atoms with Gasteiger partial charge in [0.25, 0.3) is 0 Å². The van der Waals surface area contributed by atoms with Gasteiger partial charge in [-0.1, -0.05) is 32.9 Å². The van der Waals surface area contributed by atoms with E-state index in [0.29, 0.717) is 30.5 Å². The molecule has 0 radical (unpaired) electrons. The van der Waals surface area contributed by atoms with E-state index in [0.717, 1.165) is 0 Å². The minimum absolute atomic E-state index is 0.145. The third-order valence-corrected chi connectivity index (χ3v) is 3.66. The lowest BCUT2D eigenvalue weighted by Crippen LogP contribution is -2.15. The van der Waals surface area contributed by atoms with Gasteiger partial charge in [0.2, 0.25) is 5.89 Å². The Morgan fingerprint density at radius 1 is 1.42 bits per heavy atom. The van der Waals surface area contributed by atoms with Crippen LogP contribution in [0.5, 0.6) is 0 Å². The molecule has 1 aromatic rings. The minimum atomic E-state index is -0.458. The summed E-state index contributed by atoms with van der Waals surface area (Å²) in [7, 11) is 0. The molecule has 0 aliphatic heterocycles. The first-order valence-electron chi connectivity index (χ1n) is 6.50. The van der Waals surface area contributed by atoms with E-state index in [2.05, 4.69) is 30.9 Å². The van der Waals surface area contributed by atoms with E-state index >= 15 is 0 Å². The van der Waals surface area contributed by atoms with Gasteiger partial charge in [0.1, 0.15) is 5.92 Å². The van der Waals surface area contributed by atoms with Gasteiger partial charge in [0.15, 0.2) is 5.82 Å². The first kappa shape index (κ1) is 16.0. The van der Waals surface area contributed by atoms with Crippen LogP contribution in [0.3, 0.4) is 0 Å². The summed E-state index contributed by atoms with van der Waals surface area (Å²) in [5.74, 6) is 0.888. The lowest BCUT2D eigenvalue weighted by molar-refractivity contribution is -0.145. The Hall–Kier alpha value is -1.04. The highest BCUT2D eigenvalue weighted by Gasteiger charge is 2.26. The normalized spacial score (nSPS) is 13.3. The number of nitrogens with zero attached hydrogens (tertiary/aromatic N) is 2. The molecule has 0 bridgehead atoms. The lowest BCUT2D eigenvalue weighted by Gasteiger charge is -2.15. The molecule has 0 fully saturated rings. The van der Waals surface area contributed by atoms with Crippen LogP contribution in [0.15, 0.2) is 4.52 Å². The van der Waals surface area contributed by atoms with Crippen molar-refractivity contribution in [1.29, 1.82) is 0 Å². The maximum absolute atomic E-state index is 11.7. The molecule has 0 spiro atoms. The summed E-state index contributed by atoms with van der Waals surface area (Å²) >= 11 is 1.74. The molecule has 0 saturated heterocycles. The van der Waals surface area contributed by atoms with Gasteiger partial charge in [-0.3, -0.25) is 4.79 Å². The van der Waals surface area contributed by atoms with E-state index in [1.54, 1.807) is 18.7 Å². The van der Waals surface area contributed by atoms with Crippen molar-refractivity contribution in [1.82, 2.24) is 10.1 Å². The zero-order valence-electron chi connectivity index (χ0n) is 12.2. The van der Waals surface area contributed by atoms with Gasteiger partial charge in [0, 0.05) is 4.75 Å². The van der Waals surface area contributed by atoms with Gasteiger partial charge in [-0.15, -0.1) is 11.8 Å². The summed E-state index contributed by atoms with van der Waals surface area (Å²) in [5.41, 5.74) is 0. The van der Waals surface area contributed by atoms with Gasteiger partial charge in [-0.25, -0.2) is 0 Å². The van der Waals surface area contributed by atoms with Crippen molar-refractivity contribution < 1.29 is 14.1 Å². The number of thioether (sulfide) groups is 1. The van der Waals surface area contributed by atoms with Crippen LogP contribution in [0, 0.1) is 0 Å². The van der Waals surface area contributed by atoms with E-state index in [1.165, 1.54) is 0 Å². The number of esters is 1. The molecule has 1 heterocycles. The average molecular weight is 286 g/mol. The fraction of sp³-hybridized carbons (Fsp3) is 0.769. The van der Waals surface area contributed by atoms with Gasteiger partial charge < -0.3 is 9.26 Å². The van der Waals surface area contributed by atoms with Crippen LogP contribution in [0.2, 0.25) is 0 Å². The van der Waals surface area contributed by atoms with Crippen LogP contribution in [0.25, 0.3) is 0 Å². The summed E-state index contributed by atoms with van der Waals surface area (Å²) in [6.45, 7) is 10.4. The molecule has 0 aliphatic carbocycles. The Morgan fingerprint density at radius 3 is 2.63 bits per heavy atom. The molecule has 1 unspecified atom stereocenters. The Morgan fingerprint density at radius 2 is 2.11 bits per heavy atom. The Kier molecular flexibility index (Phi) is 5.85. The third-order valence-electron chi connectivity index (χ3n) is 2.40. The molecule has 0 amide bonds. The van der Waals surface area contributed by atoms with Gasteiger partial charge in [-0.05, 0) is 13.3 Å². The average Bonchev–Trinajstić information content (AvgIpc) is 2.75. The molecule has 1 atom stereocenters. The van der Waals surface area contributed by atoms with Crippen LogP contribution in [-0.2, 0) is 15.3 Å². The summed E-state index contributed by atoms with van der Waals surface area (Å²) < 4.78 is 10.3. The monoisotopic (exact) mass is 286 g/mol. The van der Waals surface area contributed by atoms with Crippen molar-refractivity contribution in [3.8, 4) is 0 Å². The number of carbonyl (C=O) groups is 1. The van der Waals surface area contributed by atoms with E-state index in [-0.39, 0.29) is 10.7 Å². The Balaban J connectivity index is 2.69. The minimum Gasteiger partial charge on any atom is -0.465 e. The SMILES string of the molecule is CCOC(=O)C(CC)c1nc(CSC(C)(C)C)no1. The second kappa shape index (κ2) is 6.93. The number of hydrogen-bond donors (Lipinski definition) is 0. The third kappa shape index (κ3) is 5.22. The fourth-order valence-electron chi connectivity index (χ4n) is 1.43. The van der Waals surface area contributed by atoms with E-state index in [4.69, 9.17) is 9.26 Å². The molecule has 1 aromatic heterocycles. The smallest absolute Gasteiger partial charge is 0.318 e. The molecular formula is C13H22N2O3S. The van der Waals surface area contributed by atoms with Crippen LogP contribution in [-0.4, -0.2) is 27.5 Å². The summed E-state index contributed by atoms with van der Waals surface area (Å²) in [4.78, 5) is 16.0. The van der Waals surface area contributed by atoms with Crippen LogP contribution in [0.4, 0.5) is 0 Å². The summed E-state index contributed by atoms with van der Waals surface area (Å²) in [6.07, 6.45) is 0.590. The molecule has 0 aromatic carbocycles. The highest BCUT2D eigenvalue weighted by molar-refractivity contribution is 7.99. The zero-order chi connectivity index (χ0) is 14.5. The van der Waals surface area contributed by atoms with E-state index in [1.807, 2.05) is 6.92 Å². The lowest BCUT2D eigenvalue weighted by atomic mass is 10.1. The second-order valence-electron chi connectivity index (χ2n) is 5.16. The number of ether oxygens (including phenoxy) is 1. The van der Waals surface area contributed by atoms with E-state index < -0.39 is 5.92 Å². The highest BCUT2D eigenvalue weighted by Crippen LogP contribution is 2.27. The van der Waals surface area contributed by atoms with Gasteiger partial charge >= 0.3 is 5.97 Å². The van der Waals surface area contributed by atoms with Gasteiger partial charge in [0.05, 0.1) is 12.4 Å². The van der Waals surface area contributed by atoms with Crippen LogP contribution < -0.4 is 0 Å². The molecule has 6 heteroatoms. The molecule has 19 heavy (non-hydrogen) atoms. The number of rotatable bonds is 6. The molecule has 0 aliphatic rings. The highest BCUT2D eigenvalue weighted by atomic mass is 32.2. The predicted octanol–water partition coefficient (Wildman–Crippen LogP) is 3.16. The Bertz CT molecular complexity index is 412. The van der Waals surface area contributed by atoms with E-state index in [9.17, 15) is 4.79 Å². The van der Waals surface area contributed by atoms with Crippen LogP contribution in [0.1, 0.15) is 58.7 Å². The van der Waals surface area contributed by atoms with Crippen molar-refractivity contribution in [3.05, 3.63) is 11.7 Å². The predicted molar refractivity (Wildman–Crippen MR) is 75.0 cm³/mol. The molecule has 1 rings (SSSR count). The first-order chi connectivity index (χ1) is 8.87. The maximum atomic E-state index is 11.7. The number of carbonyl (C=O) groups excluding carboxylic acids is 1. The molecule has 0 N–H and O–H groups in total. The quantitative estimate of drug-likeness (QED) is 0.748. The van der Waals surface area contributed by atoms with Crippen molar-refractivity contribution in [3.63, 3.8) is 0 Å². The topological polar surface area (TPSA) is 65.2 Å². The van der Waals surface area contributed by atoms with Crippen molar-refractivity contribution >= 4 is 17.7 Å². The molecule has 0 saturated carbocycles. The maximum Gasteiger partial charge on any atom is 0.318 e. The van der Waals surface area contributed by atoms with Crippen molar-refractivity contribution in [2.24, 2.45) is 0 Å². The number of aromatic nitrogens is 2. The van der Waals surface area contributed by atoms with Gasteiger partial charge in [-0.2, -0.15) is 4.98 Å². The van der Waals surface area contributed by atoms with Crippen molar-refractivity contribution in [2.45, 2.75) is 57.5 Å². The first-order valence-corrected chi connectivity index (χ1v) is 7.49. The fourth-order valence-corrected chi connectivity index (χ4v) is 2.11. The largest absolute Gasteiger partial charge is 0.465 e. The van der Waals surface area contributed by atoms with Crippen molar-refractivity contribution in [2.75, 3.05) is 6.61 Å².